The summed E-state index contributed by atoms with van der Waals surface area (Å²) >= 11 is 6.68. The zero-order valence-electron chi connectivity index (χ0n) is 17.7. The van der Waals surface area contributed by atoms with Crippen LogP contribution in [0.25, 0.3) is 11.7 Å². The van der Waals surface area contributed by atoms with Gasteiger partial charge in [0.25, 0.3) is 11.5 Å². The predicted molar refractivity (Wildman–Crippen MR) is 129 cm³/mol. The quantitative estimate of drug-likeness (QED) is 0.348. The van der Waals surface area contributed by atoms with Gasteiger partial charge in [-0.2, -0.15) is 0 Å². The van der Waals surface area contributed by atoms with Crippen LogP contribution in [0.2, 0.25) is 0 Å². The minimum Gasteiger partial charge on any atom is -0.369 e. The molecule has 0 atom stereocenters. The van der Waals surface area contributed by atoms with E-state index >= 15 is 0 Å². The Morgan fingerprint density at radius 1 is 1.23 bits per heavy atom. The Hall–Kier alpha value is -2.19. The molecule has 0 saturated carbocycles. The third-order valence-electron chi connectivity index (χ3n) is 4.83. The maximum Gasteiger partial charge on any atom is 0.267 e. The average molecular weight is 445 g/mol. The van der Waals surface area contributed by atoms with Crippen molar-refractivity contribution in [2.75, 3.05) is 18.4 Å². The number of carbonyl (C=O) groups is 1. The number of nitrogens with one attached hydrogen (secondary N) is 1. The number of aromatic nitrogens is 2. The van der Waals surface area contributed by atoms with Crippen molar-refractivity contribution in [3.05, 3.63) is 45.2 Å². The Labute approximate surface area is 186 Å². The van der Waals surface area contributed by atoms with Gasteiger partial charge in [-0.05, 0) is 30.5 Å². The fraction of sp³-hybridized carbons (Fsp3) is 0.455. The topological polar surface area (TPSA) is 66.7 Å². The van der Waals surface area contributed by atoms with E-state index in [1.54, 1.807) is 29.3 Å². The average Bonchev–Trinajstić information content (AvgIpc) is 2.99. The predicted octanol–water partition coefficient (Wildman–Crippen LogP) is 4.54. The van der Waals surface area contributed by atoms with Gasteiger partial charge in [-0.1, -0.05) is 70.1 Å². The van der Waals surface area contributed by atoms with Gasteiger partial charge in [0.05, 0.1) is 10.5 Å². The molecule has 1 aliphatic heterocycles. The molecular formula is C22H28N4O2S2. The second-order valence-electron chi connectivity index (χ2n) is 7.78. The van der Waals surface area contributed by atoms with Crippen LogP contribution in [0.5, 0.6) is 0 Å². The summed E-state index contributed by atoms with van der Waals surface area (Å²) < 4.78 is 2.05. The summed E-state index contributed by atoms with van der Waals surface area (Å²) in [4.78, 5) is 32.8. The molecule has 1 saturated heterocycles. The highest BCUT2D eigenvalue weighted by atomic mass is 32.2. The van der Waals surface area contributed by atoms with Crippen LogP contribution in [-0.4, -0.2) is 37.6 Å². The standard InChI is InChI=1S/C22H28N4O2S2/c1-4-5-6-8-12-26-21(28)17(30-22(26)29)13-16-19(23-14-15(2)3)24-18-10-7-9-11-25(18)20(16)27/h7,9-11,13,15,23H,4-6,8,12,14H2,1-3H3. The summed E-state index contributed by atoms with van der Waals surface area (Å²) in [5.74, 6) is 0.747. The molecule has 0 radical (unpaired) electrons. The lowest BCUT2D eigenvalue weighted by molar-refractivity contribution is -0.122. The molecule has 30 heavy (non-hydrogen) atoms. The SMILES string of the molecule is CCCCCCN1C(=O)C(=Cc2c(NCC(C)C)nc3ccccn3c2=O)SC1=S. The van der Waals surface area contributed by atoms with E-state index in [0.717, 1.165) is 25.7 Å². The van der Waals surface area contributed by atoms with Crippen LogP contribution in [0.15, 0.2) is 34.1 Å². The first-order valence-corrected chi connectivity index (χ1v) is 11.7. The third kappa shape index (κ3) is 5.10. The highest BCUT2D eigenvalue weighted by Crippen LogP contribution is 2.33. The molecule has 0 aliphatic carbocycles. The van der Waals surface area contributed by atoms with Crippen molar-refractivity contribution < 1.29 is 4.79 Å². The lowest BCUT2D eigenvalue weighted by atomic mass is 10.2. The van der Waals surface area contributed by atoms with Gasteiger partial charge >= 0.3 is 0 Å². The molecule has 0 spiro atoms. The molecule has 8 heteroatoms. The van der Waals surface area contributed by atoms with Crippen molar-refractivity contribution in [2.24, 2.45) is 5.92 Å². The molecule has 1 N–H and O–H groups in total. The van der Waals surface area contributed by atoms with E-state index in [2.05, 4.69) is 31.1 Å². The Morgan fingerprint density at radius 2 is 2.03 bits per heavy atom. The molecule has 2 aromatic heterocycles. The smallest absolute Gasteiger partial charge is 0.267 e. The van der Waals surface area contributed by atoms with Gasteiger partial charge in [0.1, 0.15) is 15.8 Å². The zero-order chi connectivity index (χ0) is 21.7. The van der Waals surface area contributed by atoms with E-state index in [1.165, 1.54) is 16.2 Å². The summed E-state index contributed by atoms with van der Waals surface area (Å²) in [6, 6.07) is 5.43. The van der Waals surface area contributed by atoms with Crippen molar-refractivity contribution in [3.8, 4) is 0 Å². The summed E-state index contributed by atoms with van der Waals surface area (Å²) in [7, 11) is 0. The molecule has 6 nitrogen and oxygen atoms in total. The second kappa shape index (κ2) is 10.2. The number of hydrogen-bond donors (Lipinski definition) is 1. The van der Waals surface area contributed by atoms with E-state index in [4.69, 9.17) is 12.2 Å². The minimum absolute atomic E-state index is 0.131. The van der Waals surface area contributed by atoms with Crippen LogP contribution < -0.4 is 10.9 Å². The Morgan fingerprint density at radius 3 is 2.77 bits per heavy atom. The number of rotatable bonds is 9. The number of unbranched alkanes of at least 4 members (excludes halogenated alkanes) is 3. The van der Waals surface area contributed by atoms with Crippen molar-refractivity contribution in [1.29, 1.82) is 0 Å². The van der Waals surface area contributed by atoms with E-state index in [-0.39, 0.29) is 11.5 Å². The first kappa shape index (κ1) is 22.5. The Kier molecular flexibility index (Phi) is 7.66. The van der Waals surface area contributed by atoms with Crippen LogP contribution in [0.4, 0.5) is 5.82 Å². The highest BCUT2D eigenvalue weighted by molar-refractivity contribution is 8.26. The minimum atomic E-state index is -0.208. The van der Waals surface area contributed by atoms with Crippen LogP contribution in [0.3, 0.4) is 0 Å². The van der Waals surface area contributed by atoms with Crippen molar-refractivity contribution in [2.45, 2.75) is 46.5 Å². The van der Waals surface area contributed by atoms with Gasteiger partial charge in [0.15, 0.2) is 0 Å². The van der Waals surface area contributed by atoms with E-state index in [9.17, 15) is 9.59 Å². The van der Waals surface area contributed by atoms with Crippen molar-refractivity contribution in [1.82, 2.24) is 14.3 Å². The number of pyridine rings is 1. The van der Waals surface area contributed by atoms with E-state index in [1.807, 2.05) is 6.07 Å². The fourth-order valence-corrected chi connectivity index (χ4v) is 4.48. The second-order valence-corrected chi connectivity index (χ2v) is 9.45. The van der Waals surface area contributed by atoms with Crippen molar-refractivity contribution in [3.63, 3.8) is 0 Å². The first-order chi connectivity index (χ1) is 14.4. The number of thioether (sulfide) groups is 1. The number of hydrogen-bond acceptors (Lipinski definition) is 6. The molecule has 3 rings (SSSR count). The largest absolute Gasteiger partial charge is 0.369 e. The zero-order valence-corrected chi connectivity index (χ0v) is 19.3. The van der Waals surface area contributed by atoms with Gasteiger partial charge in [0.2, 0.25) is 0 Å². The number of fused-ring (bicyclic) bond motifs is 1. The highest BCUT2D eigenvalue weighted by Gasteiger charge is 2.32. The lowest BCUT2D eigenvalue weighted by Gasteiger charge is -2.14. The normalized spacial score (nSPS) is 15.7. The first-order valence-electron chi connectivity index (χ1n) is 10.4. The van der Waals surface area contributed by atoms with Gasteiger partial charge in [-0.25, -0.2) is 4.98 Å². The number of amides is 1. The molecule has 160 valence electrons. The van der Waals surface area contributed by atoms with E-state index in [0.29, 0.717) is 45.3 Å². The molecular weight excluding hydrogens is 416 g/mol. The lowest BCUT2D eigenvalue weighted by Crippen LogP contribution is -2.29. The van der Waals surface area contributed by atoms with Gasteiger partial charge in [-0.15, -0.1) is 0 Å². The summed E-state index contributed by atoms with van der Waals surface area (Å²) in [6.07, 6.45) is 7.62. The molecule has 0 bridgehead atoms. The molecule has 2 aromatic rings. The maximum atomic E-state index is 13.2. The fourth-order valence-electron chi connectivity index (χ4n) is 3.19. The summed E-state index contributed by atoms with van der Waals surface area (Å²) in [5, 5.41) is 3.27. The number of carbonyl (C=O) groups excluding carboxylic acids is 1. The number of thiocarbonyl (C=S) groups is 1. The van der Waals surface area contributed by atoms with Crippen LogP contribution in [0.1, 0.15) is 52.0 Å². The Balaban J connectivity index is 1.95. The summed E-state index contributed by atoms with van der Waals surface area (Å²) in [5.41, 5.74) is 0.736. The third-order valence-corrected chi connectivity index (χ3v) is 6.21. The van der Waals surface area contributed by atoms with Crippen molar-refractivity contribution >= 4 is 51.7 Å². The molecule has 0 unspecified atom stereocenters. The number of anilines is 1. The van der Waals surface area contributed by atoms with Crippen LogP contribution in [0, 0.1) is 5.92 Å². The van der Waals surface area contributed by atoms with Crippen LogP contribution in [-0.2, 0) is 4.79 Å². The summed E-state index contributed by atoms with van der Waals surface area (Å²) in [6.45, 7) is 7.63. The van der Waals surface area contributed by atoms with E-state index < -0.39 is 0 Å². The van der Waals surface area contributed by atoms with Crippen LogP contribution >= 0.6 is 24.0 Å². The molecule has 1 amide bonds. The molecule has 1 aliphatic rings. The Bertz CT molecular complexity index is 1030. The molecule has 1 fully saturated rings. The monoisotopic (exact) mass is 444 g/mol. The number of nitrogens with zero attached hydrogens (tertiary/aromatic N) is 3. The van der Waals surface area contributed by atoms with Gasteiger partial charge < -0.3 is 5.32 Å². The van der Waals surface area contributed by atoms with Gasteiger partial charge in [0, 0.05) is 19.3 Å². The van der Waals surface area contributed by atoms with Gasteiger partial charge in [-0.3, -0.25) is 18.9 Å². The molecule has 3 heterocycles. The maximum absolute atomic E-state index is 13.2. The molecule has 0 aromatic carbocycles.